The molecule has 0 radical (unpaired) electrons. The maximum atomic E-state index is 4.63. The Kier molecular flexibility index (Phi) is 6.08. The van der Waals surface area contributed by atoms with E-state index in [2.05, 4.69) is 53.3 Å². The number of benzene rings is 2. The molecule has 0 aliphatic carbocycles. The van der Waals surface area contributed by atoms with Crippen molar-refractivity contribution in [3.63, 3.8) is 0 Å². The summed E-state index contributed by atoms with van der Waals surface area (Å²) in [4.78, 5) is 22.4. The number of H-pyrrole nitrogens is 2. The van der Waals surface area contributed by atoms with E-state index < -0.39 is 0 Å². The van der Waals surface area contributed by atoms with Gasteiger partial charge in [-0.3, -0.25) is 4.99 Å². The summed E-state index contributed by atoms with van der Waals surface area (Å²) >= 11 is 0. The minimum absolute atomic E-state index is 0.649. The summed E-state index contributed by atoms with van der Waals surface area (Å²) < 4.78 is 0. The number of aliphatic imine (C=N–C) groups is 1. The highest BCUT2D eigenvalue weighted by Crippen LogP contribution is 2.16. The van der Waals surface area contributed by atoms with E-state index in [9.17, 15) is 0 Å². The lowest BCUT2D eigenvalue weighted by atomic mass is 10.2. The van der Waals surface area contributed by atoms with Crippen LogP contribution in [0.5, 0.6) is 0 Å². The number of aryl methyl sites for hydroxylation is 1. The zero-order chi connectivity index (χ0) is 20.8. The summed E-state index contributed by atoms with van der Waals surface area (Å²) in [5.74, 6) is 2.77. The quantitative estimate of drug-likeness (QED) is 0.251. The topological polar surface area (TPSA) is 85.0 Å². The highest BCUT2D eigenvalue weighted by atomic mass is 15.3. The lowest BCUT2D eigenvalue weighted by molar-refractivity contribution is 0.463. The molecule has 4 aromatic rings. The molecule has 7 heteroatoms. The molecule has 0 unspecified atom stereocenters. The van der Waals surface area contributed by atoms with Crippen molar-refractivity contribution < 1.29 is 0 Å². The lowest BCUT2D eigenvalue weighted by Crippen LogP contribution is -2.39. The fourth-order valence-electron chi connectivity index (χ4n) is 3.47. The Balaban J connectivity index is 1.27. The van der Waals surface area contributed by atoms with Crippen molar-refractivity contribution >= 4 is 17.0 Å². The van der Waals surface area contributed by atoms with Gasteiger partial charge < -0.3 is 20.2 Å². The van der Waals surface area contributed by atoms with E-state index >= 15 is 0 Å². The van der Waals surface area contributed by atoms with Gasteiger partial charge in [0.25, 0.3) is 0 Å². The third-order valence-electron chi connectivity index (χ3n) is 4.99. The van der Waals surface area contributed by atoms with Crippen LogP contribution in [0.25, 0.3) is 22.3 Å². The van der Waals surface area contributed by atoms with Crippen molar-refractivity contribution in [3.8, 4) is 11.3 Å². The van der Waals surface area contributed by atoms with Gasteiger partial charge in [0, 0.05) is 27.1 Å². The molecular formula is C23H27N7. The van der Waals surface area contributed by atoms with Crippen LogP contribution < -0.4 is 5.32 Å². The Morgan fingerprint density at radius 1 is 1.03 bits per heavy atom. The Bertz CT molecular complexity index is 1080. The summed E-state index contributed by atoms with van der Waals surface area (Å²) in [6, 6.07) is 18.3. The maximum Gasteiger partial charge on any atom is 0.193 e. The molecule has 30 heavy (non-hydrogen) atoms. The predicted molar refractivity (Wildman–Crippen MR) is 121 cm³/mol. The van der Waals surface area contributed by atoms with E-state index in [1.165, 1.54) is 0 Å². The van der Waals surface area contributed by atoms with E-state index in [0.29, 0.717) is 6.54 Å². The predicted octanol–water partition coefficient (Wildman–Crippen LogP) is 3.59. The molecule has 0 spiro atoms. The highest BCUT2D eigenvalue weighted by molar-refractivity contribution is 5.79. The van der Waals surface area contributed by atoms with Gasteiger partial charge in [-0.15, -0.1) is 0 Å². The number of hydrogen-bond acceptors (Lipinski definition) is 3. The SMILES string of the molecule is CN=C(NCCCc1nc2ccccc2[nH]1)N(C)Cc1ncc(-c2ccccc2)[nH]1. The normalized spacial score (nSPS) is 11.7. The van der Waals surface area contributed by atoms with Gasteiger partial charge in [-0.2, -0.15) is 0 Å². The van der Waals surface area contributed by atoms with Crippen LogP contribution in [-0.2, 0) is 13.0 Å². The fourth-order valence-corrected chi connectivity index (χ4v) is 3.47. The van der Waals surface area contributed by atoms with Crippen molar-refractivity contribution in [2.45, 2.75) is 19.4 Å². The Morgan fingerprint density at radius 2 is 1.83 bits per heavy atom. The number of nitrogens with zero attached hydrogens (tertiary/aromatic N) is 4. The van der Waals surface area contributed by atoms with Gasteiger partial charge in [0.15, 0.2) is 5.96 Å². The molecule has 0 aliphatic heterocycles. The van der Waals surface area contributed by atoms with Crippen molar-refractivity contribution in [2.24, 2.45) is 4.99 Å². The summed E-state index contributed by atoms with van der Waals surface area (Å²) in [5, 5.41) is 3.42. The molecule has 154 valence electrons. The van der Waals surface area contributed by atoms with Crippen LogP contribution in [0.3, 0.4) is 0 Å². The molecule has 2 aromatic heterocycles. The number of aromatic amines is 2. The zero-order valence-corrected chi connectivity index (χ0v) is 17.4. The second kappa shape index (κ2) is 9.26. The summed E-state index contributed by atoms with van der Waals surface area (Å²) in [5.41, 5.74) is 4.26. The van der Waals surface area contributed by atoms with Gasteiger partial charge in [0.1, 0.15) is 11.6 Å². The lowest BCUT2D eigenvalue weighted by Gasteiger charge is -2.21. The number of aromatic nitrogens is 4. The molecule has 7 nitrogen and oxygen atoms in total. The second-order valence-corrected chi connectivity index (χ2v) is 7.24. The number of fused-ring (bicyclic) bond motifs is 1. The minimum Gasteiger partial charge on any atom is -0.356 e. The third-order valence-corrected chi connectivity index (χ3v) is 4.99. The molecule has 4 rings (SSSR count). The molecule has 0 aliphatic rings. The number of nitrogens with one attached hydrogen (secondary N) is 3. The highest BCUT2D eigenvalue weighted by Gasteiger charge is 2.10. The number of guanidine groups is 1. The molecule has 3 N–H and O–H groups in total. The van der Waals surface area contributed by atoms with E-state index in [1.807, 2.05) is 49.6 Å². The van der Waals surface area contributed by atoms with Crippen molar-refractivity contribution in [2.75, 3.05) is 20.6 Å². The Hall–Kier alpha value is -3.61. The van der Waals surface area contributed by atoms with Gasteiger partial charge in [0.2, 0.25) is 0 Å². The molecule has 0 saturated carbocycles. The smallest absolute Gasteiger partial charge is 0.193 e. The van der Waals surface area contributed by atoms with Gasteiger partial charge >= 0.3 is 0 Å². The Labute approximate surface area is 176 Å². The number of rotatable bonds is 7. The molecule has 0 bridgehead atoms. The van der Waals surface area contributed by atoms with E-state index in [0.717, 1.165) is 59.3 Å². The zero-order valence-electron chi connectivity index (χ0n) is 17.4. The van der Waals surface area contributed by atoms with Crippen LogP contribution in [0.4, 0.5) is 0 Å². The molecular weight excluding hydrogens is 374 g/mol. The third kappa shape index (κ3) is 4.68. The van der Waals surface area contributed by atoms with Crippen LogP contribution in [0, 0.1) is 0 Å². The molecule has 2 heterocycles. The maximum absolute atomic E-state index is 4.63. The first-order valence-corrected chi connectivity index (χ1v) is 10.2. The standard InChI is InChI=1S/C23H27N7/c1-24-23(25-14-8-13-21-27-18-11-6-7-12-19(18)28-21)30(2)16-22-26-15-20(29-22)17-9-4-3-5-10-17/h3-7,9-12,15H,8,13-14,16H2,1-2H3,(H,24,25)(H,26,29)(H,27,28). The van der Waals surface area contributed by atoms with Crippen LogP contribution >= 0.6 is 0 Å². The summed E-state index contributed by atoms with van der Waals surface area (Å²) in [6.07, 6.45) is 3.73. The summed E-state index contributed by atoms with van der Waals surface area (Å²) in [7, 11) is 3.81. The van der Waals surface area contributed by atoms with Crippen LogP contribution in [0.1, 0.15) is 18.1 Å². The van der Waals surface area contributed by atoms with Gasteiger partial charge in [0.05, 0.1) is 29.5 Å². The molecule has 0 saturated heterocycles. The van der Waals surface area contributed by atoms with E-state index in [-0.39, 0.29) is 0 Å². The minimum atomic E-state index is 0.649. The number of para-hydroxylation sites is 2. The molecule has 0 fully saturated rings. The van der Waals surface area contributed by atoms with Crippen LogP contribution in [-0.4, -0.2) is 51.4 Å². The van der Waals surface area contributed by atoms with Gasteiger partial charge in [-0.25, -0.2) is 9.97 Å². The number of imidazole rings is 2. The second-order valence-electron chi connectivity index (χ2n) is 7.24. The first-order chi connectivity index (χ1) is 14.7. The van der Waals surface area contributed by atoms with Crippen molar-refractivity contribution in [1.82, 2.24) is 30.2 Å². The fraction of sp³-hybridized carbons (Fsp3) is 0.261. The Morgan fingerprint density at radius 3 is 2.63 bits per heavy atom. The molecule has 2 aromatic carbocycles. The van der Waals surface area contributed by atoms with E-state index in [4.69, 9.17) is 0 Å². The number of hydrogen-bond donors (Lipinski definition) is 3. The van der Waals surface area contributed by atoms with E-state index in [1.54, 1.807) is 7.05 Å². The first kappa shape index (κ1) is 19.7. The monoisotopic (exact) mass is 401 g/mol. The average molecular weight is 402 g/mol. The molecule has 0 amide bonds. The van der Waals surface area contributed by atoms with Crippen molar-refractivity contribution in [1.29, 1.82) is 0 Å². The first-order valence-electron chi connectivity index (χ1n) is 10.2. The average Bonchev–Trinajstić information content (AvgIpc) is 3.41. The molecule has 0 atom stereocenters. The largest absolute Gasteiger partial charge is 0.356 e. The van der Waals surface area contributed by atoms with Gasteiger partial charge in [-0.05, 0) is 24.1 Å². The van der Waals surface area contributed by atoms with Crippen LogP contribution in [0.15, 0.2) is 65.8 Å². The van der Waals surface area contributed by atoms with Gasteiger partial charge in [-0.1, -0.05) is 42.5 Å². The van der Waals surface area contributed by atoms with Crippen molar-refractivity contribution in [3.05, 3.63) is 72.4 Å². The van der Waals surface area contributed by atoms with Crippen LogP contribution in [0.2, 0.25) is 0 Å². The summed E-state index contributed by atoms with van der Waals surface area (Å²) in [6.45, 7) is 1.47.